The fourth-order valence-corrected chi connectivity index (χ4v) is 1.63. The molecule has 0 radical (unpaired) electrons. The second-order valence-electron chi connectivity index (χ2n) is 3.97. The first-order valence-electron chi connectivity index (χ1n) is 5.48. The fraction of sp³-hybridized carbons (Fsp3) is 0.545. The van der Waals surface area contributed by atoms with Gasteiger partial charge in [-0.3, -0.25) is 0 Å². The zero-order valence-corrected chi connectivity index (χ0v) is 9.98. The van der Waals surface area contributed by atoms with E-state index in [4.69, 9.17) is 10.8 Å². The largest absolute Gasteiger partial charge is 0.405 e. The van der Waals surface area contributed by atoms with E-state index in [0.717, 1.165) is 4.90 Å². The monoisotopic (exact) mass is 263 g/mol. The van der Waals surface area contributed by atoms with Gasteiger partial charge in [-0.2, -0.15) is 13.2 Å². The van der Waals surface area contributed by atoms with E-state index in [0.29, 0.717) is 5.56 Å². The Bertz CT molecular complexity index is 382. The number of hydrogen-bond acceptors (Lipinski definition) is 4. The molecular weight excluding hydrogens is 247 g/mol. The van der Waals surface area contributed by atoms with Crippen molar-refractivity contribution in [1.82, 2.24) is 4.98 Å². The Kier molecular flexibility index (Phi) is 4.92. The smallest absolute Gasteiger partial charge is 0.395 e. The van der Waals surface area contributed by atoms with Crippen LogP contribution in [0.2, 0.25) is 0 Å². The van der Waals surface area contributed by atoms with Crippen LogP contribution in [-0.4, -0.2) is 36.0 Å². The molecule has 0 saturated carbocycles. The number of nitrogens with zero attached hydrogens (tertiary/aromatic N) is 2. The second-order valence-corrected chi connectivity index (χ2v) is 3.97. The summed E-state index contributed by atoms with van der Waals surface area (Å²) in [6.07, 6.45) is -2.95. The van der Waals surface area contributed by atoms with Crippen molar-refractivity contribution in [3.63, 3.8) is 0 Å². The van der Waals surface area contributed by atoms with Gasteiger partial charge in [-0.1, -0.05) is 6.07 Å². The molecule has 1 aromatic rings. The van der Waals surface area contributed by atoms with E-state index in [2.05, 4.69) is 4.98 Å². The Morgan fingerprint density at radius 2 is 2.17 bits per heavy atom. The molecule has 7 heteroatoms. The molecule has 0 spiro atoms. The number of anilines is 1. The topological polar surface area (TPSA) is 62.4 Å². The molecule has 0 amide bonds. The normalized spacial score (nSPS) is 13.4. The molecular formula is C11H16F3N3O. The van der Waals surface area contributed by atoms with Crippen molar-refractivity contribution in [2.24, 2.45) is 5.73 Å². The summed E-state index contributed by atoms with van der Waals surface area (Å²) in [5, 5.41) is 8.86. The molecule has 4 nitrogen and oxygen atoms in total. The third-order valence-electron chi connectivity index (χ3n) is 2.35. The van der Waals surface area contributed by atoms with Crippen LogP contribution in [0.5, 0.6) is 0 Å². The number of alkyl halides is 3. The van der Waals surface area contributed by atoms with Gasteiger partial charge in [0.15, 0.2) is 0 Å². The lowest BCUT2D eigenvalue weighted by Crippen LogP contribution is -2.37. The average molecular weight is 263 g/mol. The molecule has 0 aliphatic carbocycles. The minimum Gasteiger partial charge on any atom is -0.395 e. The van der Waals surface area contributed by atoms with Gasteiger partial charge in [0, 0.05) is 24.3 Å². The number of rotatable bonds is 5. The molecule has 1 aromatic heterocycles. The van der Waals surface area contributed by atoms with Crippen LogP contribution < -0.4 is 10.6 Å². The highest BCUT2D eigenvalue weighted by Gasteiger charge is 2.32. The molecule has 102 valence electrons. The molecule has 0 aromatic carbocycles. The lowest BCUT2D eigenvalue weighted by molar-refractivity contribution is -0.120. The van der Waals surface area contributed by atoms with Crippen LogP contribution >= 0.6 is 0 Å². The quantitative estimate of drug-likeness (QED) is 0.844. The van der Waals surface area contributed by atoms with Crippen molar-refractivity contribution in [2.75, 3.05) is 24.6 Å². The highest BCUT2D eigenvalue weighted by atomic mass is 19.4. The molecule has 0 saturated heterocycles. The van der Waals surface area contributed by atoms with Gasteiger partial charge in [0.2, 0.25) is 0 Å². The van der Waals surface area contributed by atoms with E-state index in [-0.39, 0.29) is 19.0 Å². The van der Waals surface area contributed by atoms with Crippen molar-refractivity contribution < 1.29 is 18.3 Å². The number of nitrogens with two attached hydrogens (primary N) is 1. The molecule has 0 fully saturated rings. The van der Waals surface area contributed by atoms with Crippen molar-refractivity contribution in [3.05, 3.63) is 23.9 Å². The summed E-state index contributed by atoms with van der Waals surface area (Å²) in [5.74, 6) is 0.166. The number of pyridine rings is 1. The number of aliphatic hydroxyl groups excluding tert-OH is 1. The summed E-state index contributed by atoms with van der Waals surface area (Å²) in [4.78, 5) is 4.92. The van der Waals surface area contributed by atoms with Crippen molar-refractivity contribution >= 4 is 5.82 Å². The molecule has 18 heavy (non-hydrogen) atoms. The zero-order chi connectivity index (χ0) is 13.8. The Morgan fingerprint density at radius 3 is 2.67 bits per heavy atom. The first kappa shape index (κ1) is 14.7. The first-order chi connectivity index (χ1) is 8.35. The van der Waals surface area contributed by atoms with Gasteiger partial charge in [-0.05, 0) is 13.0 Å². The van der Waals surface area contributed by atoms with E-state index in [1.807, 2.05) is 0 Å². The number of hydrogen-bond donors (Lipinski definition) is 2. The number of halogens is 3. The van der Waals surface area contributed by atoms with E-state index < -0.39 is 18.8 Å². The highest BCUT2D eigenvalue weighted by molar-refractivity contribution is 5.48. The molecule has 0 bridgehead atoms. The Labute approximate surface area is 103 Å². The average Bonchev–Trinajstić information content (AvgIpc) is 2.26. The third-order valence-corrected chi connectivity index (χ3v) is 2.35. The van der Waals surface area contributed by atoms with E-state index in [9.17, 15) is 13.2 Å². The Balaban J connectivity index is 3.05. The van der Waals surface area contributed by atoms with Crippen LogP contribution in [0.1, 0.15) is 18.5 Å². The number of aromatic nitrogens is 1. The summed E-state index contributed by atoms with van der Waals surface area (Å²) < 4.78 is 37.4. The first-order valence-corrected chi connectivity index (χ1v) is 5.48. The van der Waals surface area contributed by atoms with Crippen LogP contribution in [0.15, 0.2) is 18.3 Å². The lowest BCUT2D eigenvalue weighted by atomic mass is 10.1. The van der Waals surface area contributed by atoms with E-state index in [1.165, 1.54) is 6.20 Å². The summed E-state index contributed by atoms with van der Waals surface area (Å²) in [7, 11) is 0. The maximum absolute atomic E-state index is 12.5. The van der Waals surface area contributed by atoms with Crippen molar-refractivity contribution in [2.45, 2.75) is 19.1 Å². The fourth-order valence-electron chi connectivity index (χ4n) is 1.63. The lowest BCUT2D eigenvalue weighted by Gasteiger charge is -2.27. The van der Waals surface area contributed by atoms with Gasteiger partial charge >= 0.3 is 6.18 Å². The summed E-state index contributed by atoms with van der Waals surface area (Å²) in [5.41, 5.74) is 6.23. The van der Waals surface area contributed by atoms with Gasteiger partial charge in [-0.15, -0.1) is 0 Å². The molecule has 1 unspecified atom stereocenters. The predicted molar refractivity (Wildman–Crippen MR) is 62.2 cm³/mol. The van der Waals surface area contributed by atoms with Gasteiger partial charge < -0.3 is 15.7 Å². The second kappa shape index (κ2) is 6.01. The minimum absolute atomic E-state index is 0.143. The molecule has 1 rings (SSSR count). The van der Waals surface area contributed by atoms with E-state index >= 15 is 0 Å². The summed E-state index contributed by atoms with van der Waals surface area (Å²) in [6.45, 7) is -0.0171. The maximum atomic E-state index is 12.5. The highest BCUT2D eigenvalue weighted by Crippen LogP contribution is 2.25. The van der Waals surface area contributed by atoms with Crippen LogP contribution in [0.4, 0.5) is 19.0 Å². The summed E-state index contributed by atoms with van der Waals surface area (Å²) >= 11 is 0. The van der Waals surface area contributed by atoms with Gasteiger partial charge in [0.05, 0.1) is 6.61 Å². The summed E-state index contributed by atoms with van der Waals surface area (Å²) in [6, 6.07) is 2.82. The Morgan fingerprint density at radius 1 is 1.50 bits per heavy atom. The molecule has 1 atom stereocenters. The van der Waals surface area contributed by atoms with Gasteiger partial charge in [0.1, 0.15) is 12.4 Å². The minimum atomic E-state index is -4.36. The third kappa shape index (κ3) is 4.15. The van der Waals surface area contributed by atoms with Gasteiger partial charge in [0.25, 0.3) is 0 Å². The Hall–Kier alpha value is -1.34. The standard InChI is InChI=1S/C11H16F3N3O/c1-8(15)9-3-2-4-16-10(9)17(5-6-18)7-11(12,13)14/h2-4,8,18H,5-7,15H2,1H3. The van der Waals surface area contributed by atoms with E-state index in [1.54, 1.807) is 19.1 Å². The SMILES string of the molecule is CC(N)c1cccnc1N(CCO)CC(F)(F)F. The van der Waals surface area contributed by atoms with Crippen molar-refractivity contribution in [1.29, 1.82) is 0 Å². The van der Waals surface area contributed by atoms with Crippen LogP contribution in [-0.2, 0) is 0 Å². The molecule has 0 aliphatic heterocycles. The van der Waals surface area contributed by atoms with Crippen LogP contribution in [0.3, 0.4) is 0 Å². The van der Waals surface area contributed by atoms with Gasteiger partial charge in [-0.25, -0.2) is 4.98 Å². The van der Waals surface area contributed by atoms with Crippen LogP contribution in [0.25, 0.3) is 0 Å². The number of aliphatic hydroxyl groups is 1. The molecule has 3 N–H and O–H groups in total. The molecule has 1 heterocycles. The van der Waals surface area contributed by atoms with Crippen molar-refractivity contribution in [3.8, 4) is 0 Å². The van der Waals surface area contributed by atoms with Crippen LogP contribution in [0, 0.1) is 0 Å². The molecule has 0 aliphatic rings. The predicted octanol–water partition coefficient (Wildman–Crippen LogP) is 1.46. The zero-order valence-electron chi connectivity index (χ0n) is 9.98. The maximum Gasteiger partial charge on any atom is 0.405 e.